The fraction of sp³-hybridized carbons (Fsp3) is 0.667. The van der Waals surface area contributed by atoms with Crippen LogP contribution in [0.3, 0.4) is 0 Å². The molecule has 0 radical (unpaired) electrons. The van der Waals surface area contributed by atoms with Crippen molar-refractivity contribution in [2.45, 2.75) is 39.3 Å². The van der Waals surface area contributed by atoms with E-state index in [1.165, 1.54) is 4.88 Å². The molecule has 1 aromatic rings. The Morgan fingerprint density at radius 1 is 1.59 bits per heavy atom. The van der Waals surface area contributed by atoms with Crippen molar-refractivity contribution in [1.82, 2.24) is 15.2 Å². The fourth-order valence-corrected chi connectivity index (χ4v) is 2.79. The Bertz CT molecular complexity index is 385. The molecule has 1 saturated heterocycles. The SMILES string of the molecule is Cc1ncc(CNC(C)C(=O)N2CCCC2)s1. The molecule has 0 spiro atoms. The molecule has 4 nitrogen and oxygen atoms in total. The minimum Gasteiger partial charge on any atom is -0.341 e. The van der Waals surface area contributed by atoms with E-state index in [1.807, 2.05) is 24.9 Å². The second kappa shape index (κ2) is 5.60. The molecule has 5 heteroatoms. The number of carbonyl (C=O) groups excluding carboxylic acids is 1. The lowest BCUT2D eigenvalue weighted by Gasteiger charge is -2.20. The van der Waals surface area contributed by atoms with Gasteiger partial charge in [-0.05, 0) is 26.7 Å². The molecular weight excluding hydrogens is 234 g/mol. The van der Waals surface area contributed by atoms with Crippen LogP contribution < -0.4 is 5.32 Å². The Morgan fingerprint density at radius 3 is 2.88 bits per heavy atom. The number of hydrogen-bond donors (Lipinski definition) is 1. The van der Waals surface area contributed by atoms with Crippen LogP contribution in [0.4, 0.5) is 0 Å². The molecule has 1 fully saturated rings. The lowest BCUT2D eigenvalue weighted by molar-refractivity contribution is -0.131. The molecule has 0 saturated carbocycles. The van der Waals surface area contributed by atoms with Gasteiger partial charge in [-0.25, -0.2) is 4.98 Å². The van der Waals surface area contributed by atoms with Gasteiger partial charge in [0.25, 0.3) is 0 Å². The van der Waals surface area contributed by atoms with E-state index >= 15 is 0 Å². The highest BCUT2D eigenvalue weighted by molar-refractivity contribution is 7.11. The number of hydrogen-bond acceptors (Lipinski definition) is 4. The summed E-state index contributed by atoms with van der Waals surface area (Å²) in [7, 11) is 0. The maximum Gasteiger partial charge on any atom is 0.239 e. The first kappa shape index (κ1) is 12.5. The number of aromatic nitrogens is 1. The van der Waals surface area contributed by atoms with Gasteiger partial charge in [-0.2, -0.15) is 0 Å². The van der Waals surface area contributed by atoms with E-state index in [2.05, 4.69) is 10.3 Å². The summed E-state index contributed by atoms with van der Waals surface area (Å²) < 4.78 is 0. The van der Waals surface area contributed by atoms with Gasteiger partial charge >= 0.3 is 0 Å². The first-order valence-corrected chi connectivity index (χ1v) is 6.92. The van der Waals surface area contributed by atoms with E-state index in [0.717, 1.165) is 37.5 Å². The van der Waals surface area contributed by atoms with Crippen LogP contribution in [0.5, 0.6) is 0 Å². The number of nitrogens with one attached hydrogen (secondary N) is 1. The van der Waals surface area contributed by atoms with Crippen LogP contribution in [0.25, 0.3) is 0 Å². The van der Waals surface area contributed by atoms with Gasteiger partial charge in [0.15, 0.2) is 0 Å². The first-order chi connectivity index (χ1) is 8.16. The van der Waals surface area contributed by atoms with Crippen LogP contribution in [-0.2, 0) is 11.3 Å². The fourth-order valence-electron chi connectivity index (χ4n) is 2.04. The highest BCUT2D eigenvalue weighted by Gasteiger charge is 2.22. The lowest BCUT2D eigenvalue weighted by Crippen LogP contribution is -2.43. The van der Waals surface area contributed by atoms with E-state index in [0.29, 0.717) is 0 Å². The Morgan fingerprint density at radius 2 is 2.29 bits per heavy atom. The maximum absolute atomic E-state index is 12.0. The summed E-state index contributed by atoms with van der Waals surface area (Å²) in [5.74, 6) is 0.226. The molecule has 1 unspecified atom stereocenters. The molecule has 0 bridgehead atoms. The highest BCUT2D eigenvalue weighted by Crippen LogP contribution is 2.12. The van der Waals surface area contributed by atoms with Gasteiger partial charge in [0.05, 0.1) is 11.0 Å². The summed E-state index contributed by atoms with van der Waals surface area (Å²) in [5, 5.41) is 4.34. The normalized spacial score (nSPS) is 17.4. The summed E-state index contributed by atoms with van der Waals surface area (Å²) in [6.07, 6.45) is 4.17. The molecule has 1 N–H and O–H groups in total. The van der Waals surface area contributed by atoms with Crippen molar-refractivity contribution >= 4 is 17.2 Å². The van der Waals surface area contributed by atoms with Crippen molar-refractivity contribution in [1.29, 1.82) is 0 Å². The highest BCUT2D eigenvalue weighted by atomic mass is 32.1. The molecule has 2 heterocycles. The zero-order valence-corrected chi connectivity index (χ0v) is 11.2. The summed E-state index contributed by atoms with van der Waals surface area (Å²) in [6, 6.07) is -0.101. The van der Waals surface area contributed by atoms with Crippen LogP contribution in [0.15, 0.2) is 6.20 Å². The quantitative estimate of drug-likeness (QED) is 0.885. The van der Waals surface area contributed by atoms with Crippen LogP contribution in [0.2, 0.25) is 0 Å². The van der Waals surface area contributed by atoms with Crippen LogP contribution in [0.1, 0.15) is 29.7 Å². The van der Waals surface area contributed by atoms with Crippen molar-refractivity contribution in [2.75, 3.05) is 13.1 Å². The van der Waals surface area contributed by atoms with Gasteiger partial charge in [-0.3, -0.25) is 4.79 Å². The minimum atomic E-state index is -0.101. The van der Waals surface area contributed by atoms with E-state index in [-0.39, 0.29) is 11.9 Å². The number of likely N-dealkylation sites (tertiary alicyclic amines) is 1. The smallest absolute Gasteiger partial charge is 0.239 e. The number of carbonyl (C=O) groups is 1. The molecule has 1 amide bonds. The third-order valence-corrected chi connectivity index (χ3v) is 3.95. The van der Waals surface area contributed by atoms with Gasteiger partial charge in [0.2, 0.25) is 5.91 Å². The third-order valence-electron chi connectivity index (χ3n) is 3.04. The van der Waals surface area contributed by atoms with Crippen molar-refractivity contribution in [2.24, 2.45) is 0 Å². The van der Waals surface area contributed by atoms with E-state index < -0.39 is 0 Å². The molecule has 17 heavy (non-hydrogen) atoms. The average molecular weight is 253 g/mol. The molecule has 1 aliphatic rings. The molecule has 94 valence electrons. The molecule has 0 aromatic carbocycles. The van der Waals surface area contributed by atoms with Crippen molar-refractivity contribution < 1.29 is 4.79 Å². The Labute approximate surface area is 106 Å². The van der Waals surface area contributed by atoms with E-state index in [9.17, 15) is 4.79 Å². The van der Waals surface area contributed by atoms with Gasteiger partial charge < -0.3 is 10.2 Å². The molecule has 1 aromatic heterocycles. The second-order valence-electron chi connectivity index (χ2n) is 4.48. The number of thiazole rings is 1. The summed E-state index contributed by atoms with van der Waals surface area (Å²) in [5.41, 5.74) is 0. The first-order valence-electron chi connectivity index (χ1n) is 6.10. The molecule has 1 aliphatic heterocycles. The predicted octanol–water partition coefficient (Wildman–Crippen LogP) is 1.55. The monoisotopic (exact) mass is 253 g/mol. The predicted molar refractivity (Wildman–Crippen MR) is 69.0 cm³/mol. The Hall–Kier alpha value is -0.940. The van der Waals surface area contributed by atoms with Gasteiger partial charge in [0.1, 0.15) is 0 Å². The molecule has 1 atom stereocenters. The summed E-state index contributed by atoms with van der Waals surface area (Å²) in [6.45, 7) is 6.50. The second-order valence-corrected chi connectivity index (χ2v) is 5.80. The van der Waals surface area contributed by atoms with Gasteiger partial charge in [-0.15, -0.1) is 11.3 Å². The van der Waals surface area contributed by atoms with Gasteiger partial charge in [0, 0.05) is 30.7 Å². The molecule has 0 aliphatic carbocycles. The maximum atomic E-state index is 12.0. The number of amides is 1. The molecule has 2 rings (SSSR count). The summed E-state index contributed by atoms with van der Waals surface area (Å²) >= 11 is 1.68. The third kappa shape index (κ3) is 3.26. The number of aryl methyl sites for hydroxylation is 1. The summed E-state index contributed by atoms with van der Waals surface area (Å²) in [4.78, 5) is 19.4. The van der Waals surface area contributed by atoms with Crippen LogP contribution >= 0.6 is 11.3 Å². The largest absolute Gasteiger partial charge is 0.341 e. The Kier molecular flexibility index (Phi) is 4.12. The van der Waals surface area contributed by atoms with E-state index in [4.69, 9.17) is 0 Å². The zero-order chi connectivity index (χ0) is 12.3. The van der Waals surface area contributed by atoms with Crippen LogP contribution in [-0.4, -0.2) is 34.9 Å². The lowest BCUT2D eigenvalue weighted by atomic mass is 10.3. The minimum absolute atomic E-state index is 0.101. The topological polar surface area (TPSA) is 45.2 Å². The molecular formula is C12H19N3OS. The number of rotatable bonds is 4. The van der Waals surface area contributed by atoms with Crippen molar-refractivity contribution in [3.8, 4) is 0 Å². The number of nitrogens with zero attached hydrogens (tertiary/aromatic N) is 2. The zero-order valence-electron chi connectivity index (χ0n) is 10.4. The van der Waals surface area contributed by atoms with Crippen LogP contribution in [0, 0.1) is 6.92 Å². The van der Waals surface area contributed by atoms with E-state index in [1.54, 1.807) is 11.3 Å². The van der Waals surface area contributed by atoms with Gasteiger partial charge in [-0.1, -0.05) is 0 Å². The van der Waals surface area contributed by atoms with Crippen molar-refractivity contribution in [3.05, 3.63) is 16.1 Å². The Balaban J connectivity index is 1.80. The average Bonchev–Trinajstić information content (AvgIpc) is 2.95. The standard InChI is InChI=1S/C12H19N3OS/c1-9(12(16)15-5-3-4-6-15)13-7-11-8-14-10(2)17-11/h8-9,13H,3-7H2,1-2H3. The van der Waals surface area contributed by atoms with Crippen molar-refractivity contribution in [3.63, 3.8) is 0 Å².